The van der Waals surface area contributed by atoms with E-state index in [4.69, 9.17) is 5.26 Å². The van der Waals surface area contributed by atoms with E-state index in [9.17, 15) is 4.79 Å². The Bertz CT molecular complexity index is 758. The van der Waals surface area contributed by atoms with Gasteiger partial charge in [0.25, 0.3) is 0 Å². The summed E-state index contributed by atoms with van der Waals surface area (Å²) in [4.78, 5) is 14.2. The van der Waals surface area contributed by atoms with E-state index in [1.165, 1.54) is 22.5 Å². The number of nitrogens with one attached hydrogen (secondary N) is 1. The Kier molecular flexibility index (Phi) is 4.86. The van der Waals surface area contributed by atoms with Crippen LogP contribution < -0.4 is 5.32 Å². The molecule has 1 aliphatic heterocycles. The number of carbonyl (C=O) groups is 1. The van der Waals surface area contributed by atoms with Gasteiger partial charge in [0.05, 0.1) is 12.1 Å². The Morgan fingerprint density at radius 2 is 2.13 bits per heavy atom. The average molecular weight is 323 g/mol. The van der Waals surface area contributed by atoms with Gasteiger partial charge < -0.3 is 5.32 Å². The van der Waals surface area contributed by atoms with Crippen LogP contribution in [0.1, 0.15) is 17.5 Å². The van der Waals surface area contributed by atoms with Crippen LogP contribution in [0, 0.1) is 11.3 Å². The van der Waals surface area contributed by atoms with Gasteiger partial charge in [-0.25, -0.2) is 0 Å². The lowest BCUT2D eigenvalue weighted by atomic mass is 10.00. The molecule has 0 saturated heterocycles. The van der Waals surface area contributed by atoms with Crippen LogP contribution in [0.5, 0.6) is 0 Å². The molecule has 1 N–H and O–H groups in total. The highest BCUT2D eigenvalue weighted by Crippen LogP contribution is 2.23. The largest absolute Gasteiger partial charge is 0.315 e. The number of benzene rings is 1. The van der Waals surface area contributed by atoms with Crippen molar-refractivity contribution in [3.05, 3.63) is 59.0 Å². The van der Waals surface area contributed by atoms with Crippen molar-refractivity contribution in [3.8, 4) is 6.07 Å². The first kappa shape index (κ1) is 15.5. The highest BCUT2D eigenvalue weighted by atomic mass is 32.1. The van der Waals surface area contributed by atoms with Gasteiger partial charge in [0.15, 0.2) is 0 Å². The van der Waals surface area contributed by atoms with Crippen molar-refractivity contribution >= 4 is 27.8 Å². The number of thiophene rings is 1. The first-order valence-corrected chi connectivity index (χ1v) is 8.38. The lowest BCUT2D eigenvalue weighted by Gasteiger charge is -2.25. The zero-order valence-electron chi connectivity index (χ0n) is 12.7. The zero-order chi connectivity index (χ0) is 16.1. The second-order valence-corrected chi connectivity index (χ2v) is 6.32. The highest BCUT2D eigenvalue weighted by molar-refractivity contribution is 7.14. The first-order valence-electron chi connectivity index (χ1n) is 7.50. The van der Waals surface area contributed by atoms with Crippen LogP contribution in [0.3, 0.4) is 0 Å². The molecule has 23 heavy (non-hydrogen) atoms. The van der Waals surface area contributed by atoms with E-state index in [2.05, 4.69) is 34.5 Å². The maximum absolute atomic E-state index is 12.1. The lowest BCUT2D eigenvalue weighted by Crippen LogP contribution is -2.36. The summed E-state index contributed by atoms with van der Waals surface area (Å²) in [6.45, 7) is 1.98. The summed E-state index contributed by atoms with van der Waals surface area (Å²) in [6.07, 6.45) is 3.14. The molecular formula is C18H17N3OS. The summed E-state index contributed by atoms with van der Waals surface area (Å²) < 4.78 is 0. The molecule has 1 aromatic carbocycles. The standard InChI is InChI=1S/C18H17N3OS/c19-12-16-8-11-23-18(16)20-17(22)13-21-9-6-15(7-10-21)14-4-2-1-3-5-14/h1-6,8,11H,7,9-10,13H2,(H,20,22). The van der Waals surface area contributed by atoms with Crippen LogP contribution in [0.15, 0.2) is 47.9 Å². The topological polar surface area (TPSA) is 56.1 Å². The molecule has 2 aromatic rings. The molecular weight excluding hydrogens is 306 g/mol. The second kappa shape index (κ2) is 7.23. The predicted octanol–water partition coefficient (Wildman–Crippen LogP) is 3.35. The Labute approximate surface area is 139 Å². The lowest BCUT2D eigenvalue weighted by molar-refractivity contribution is -0.117. The molecule has 0 radical (unpaired) electrons. The van der Waals surface area contributed by atoms with Gasteiger partial charge in [0, 0.05) is 13.1 Å². The third-order valence-corrected chi connectivity index (χ3v) is 4.67. The minimum absolute atomic E-state index is 0.0690. The smallest absolute Gasteiger partial charge is 0.239 e. The van der Waals surface area contributed by atoms with Gasteiger partial charge in [-0.2, -0.15) is 5.26 Å². The minimum Gasteiger partial charge on any atom is -0.315 e. The Hall–Kier alpha value is -2.42. The van der Waals surface area contributed by atoms with Crippen LogP contribution in [-0.2, 0) is 4.79 Å². The molecule has 3 rings (SSSR count). The summed E-state index contributed by atoms with van der Waals surface area (Å²) in [7, 11) is 0. The van der Waals surface area contributed by atoms with Gasteiger partial charge in [-0.1, -0.05) is 36.4 Å². The molecule has 0 atom stereocenters. The maximum atomic E-state index is 12.1. The van der Waals surface area contributed by atoms with Crippen molar-refractivity contribution in [2.24, 2.45) is 0 Å². The summed E-state index contributed by atoms with van der Waals surface area (Å²) in [5, 5.41) is 14.2. The van der Waals surface area contributed by atoms with Crippen molar-refractivity contribution in [2.45, 2.75) is 6.42 Å². The fraction of sp³-hybridized carbons (Fsp3) is 0.222. The minimum atomic E-state index is -0.0690. The number of amides is 1. The number of hydrogen-bond donors (Lipinski definition) is 1. The van der Waals surface area contributed by atoms with Crippen LogP contribution >= 0.6 is 11.3 Å². The molecule has 0 saturated carbocycles. The molecule has 116 valence electrons. The number of nitriles is 1. The SMILES string of the molecule is N#Cc1ccsc1NC(=O)CN1CC=C(c2ccccc2)CC1. The van der Waals surface area contributed by atoms with E-state index in [0.29, 0.717) is 17.1 Å². The van der Waals surface area contributed by atoms with Crippen LogP contribution in [0.2, 0.25) is 0 Å². The molecule has 2 heterocycles. The molecule has 1 aromatic heterocycles. The zero-order valence-corrected chi connectivity index (χ0v) is 13.5. The third kappa shape index (κ3) is 3.86. The van der Waals surface area contributed by atoms with E-state index in [0.717, 1.165) is 19.5 Å². The van der Waals surface area contributed by atoms with Crippen LogP contribution in [0.4, 0.5) is 5.00 Å². The number of hydrogen-bond acceptors (Lipinski definition) is 4. The van der Waals surface area contributed by atoms with Gasteiger partial charge in [-0.3, -0.25) is 9.69 Å². The van der Waals surface area contributed by atoms with Gasteiger partial charge >= 0.3 is 0 Å². The van der Waals surface area contributed by atoms with Gasteiger partial charge in [-0.15, -0.1) is 11.3 Å². The van der Waals surface area contributed by atoms with Gasteiger partial charge in [-0.05, 0) is 29.0 Å². The van der Waals surface area contributed by atoms with Gasteiger partial charge in [0.1, 0.15) is 11.1 Å². The van der Waals surface area contributed by atoms with Crippen LogP contribution in [-0.4, -0.2) is 30.4 Å². The molecule has 4 nitrogen and oxygen atoms in total. The molecule has 0 bridgehead atoms. The quantitative estimate of drug-likeness (QED) is 0.939. The Balaban J connectivity index is 1.55. The van der Waals surface area contributed by atoms with E-state index >= 15 is 0 Å². The maximum Gasteiger partial charge on any atom is 0.239 e. The molecule has 0 aliphatic carbocycles. The molecule has 0 unspecified atom stereocenters. The van der Waals surface area contributed by atoms with Crippen molar-refractivity contribution in [2.75, 3.05) is 25.0 Å². The fourth-order valence-electron chi connectivity index (χ4n) is 2.63. The monoisotopic (exact) mass is 323 g/mol. The molecule has 0 spiro atoms. The van der Waals surface area contributed by atoms with Crippen molar-refractivity contribution in [1.82, 2.24) is 4.90 Å². The molecule has 1 amide bonds. The van der Waals surface area contributed by atoms with Crippen molar-refractivity contribution in [3.63, 3.8) is 0 Å². The Morgan fingerprint density at radius 3 is 2.83 bits per heavy atom. The predicted molar refractivity (Wildman–Crippen MR) is 93.1 cm³/mol. The van der Waals surface area contributed by atoms with E-state index < -0.39 is 0 Å². The van der Waals surface area contributed by atoms with Crippen molar-refractivity contribution < 1.29 is 4.79 Å². The second-order valence-electron chi connectivity index (χ2n) is 5.40. The summed E-state index contributed by atoms with van der Waals surface area (Å²) in [5.41, 5.74) is 3.12. The first-order chi connectivity index (χ1) is 11.3. The van der Waals surface area contributed by atoms with E-state index in [-0.39, 0.29) is 5.91 Å². The normalized spacial score (nSPS) is 14.8. The molecule has 1 aliphatic rings. The number of anilines is 1. The third-order valence-electron chi connectivity index (χ3n) is 3.84. The summed E-state index contributed by atoms with van der Waals surface area (Å²) in [6, 6.07) is 14.1. The van der Waals surface area contributed by atoms with E-state index in [1.54, 1.807) is 6.07 Å². The number of nitrogens with zero attached hydrogens (tertiary/aromatic N) is 2. The number of rotatable bonds is 4. The van der Waals surface area contributed by atoms with Crippen molar-refractivity contribution in [1.29, 1.82) is 5.26 Å². The summed E-state index contributed by atoms with van der Waals surface area (Å²) in [5.74, 6) is -0.0690. The fourth-order valence-corrected chi connectivity index (χ4v) is 3.39. The van der Waals surface area contributed by atoms with Crippen LogP contribution in [0.25, 0.3) is 5.57 Å². The average Bonchev–Trinajstić information content (AvgIpc) is 3.03. The number of carbonyl (C=O) groups excluding carboxylic acids is 1. The highest BCUT2D eigenvalue weighted by Gasteiger charge is 2.16. The molecule has 0 fully saturated rings. The Morgan fingerprint density at radius 1 is 1.30 bits per heavy atom. The van der Waals surface area contributed by atoms with E-state index in [1.807, 2.05) is 23.6 Å². The van der Waals surface area contributed by atoms with Gasteiger partial charge in [0.2, 0.25) is 5.91 Å². The molecule has 5 heteroatoms. The summed E-state index contributed by atoms with van der Waals surface area (Å²) >= 11 is 1.38.